The molecule has 0 aromatic carbocycles. The van der Waals surface area contributed by atoms with E-state index in [1.165, 1.54) is 0 Å². The van der Waals surface area contributed by atoms with Crippen LogP contribution in [0.1, 0.15) is 38.5 Å². The largest absolute Gasteiger partial charge is 0.464 e. The molecule has 0 radical (unpaired) electrons. The van der Waals surface area contributed by atoms with Crippen LogP contribution in [0.3, 0.4) is 0 Å². The van der Waals surface area contributed by atoms with Gasteiger partial charge in [0, 0.05) is 18.5 Å². The highest BCUT2D eigenvalue weighted by Crippen LogP contribution is 2.27. The molecule has 0 amide bonds. The van der Waals surface area contributed by atoms with Gasteiger partial charge in [-0.3, -0.25) is 9.52 Å². The average Bonchev–Trinajstić information content (AvgIpc) is 2.55. The lowest BCUT2D eigenvalue weighted by molar-refractivity contribution is -0.148. The van der Waals surface area contributed by atoms with E-state index in [-0.39, 0.29) is 37.0 Å². The number of hydrogen-bond donors (Lipinski definition) is 1. The van der Waals surface area contributed by atoms with E-state index in [1.807, 2.05) is 0 Å². The van der Waals surface area contributed by atoms with Crippen molar-refractivity contribution in [2.45, 2.75) is 44.0 Å². The van der Waals surface area contributed by atoms with Crippen LogP contribution in [0.15, 0.2) is 0 Å². The van der Waals surface area contributed by atoms with Gasteiger partial charge in [0.1, 0.15) is 6.61 Å². The summed E-state index contributed by atoms with van der Waals surface area (Å²) in [6.07, 6.45) is 6.03. The van der Waals surface area contributed by atoms with Crippen LogP contribution < -0.4 is 4.72 Å². The minimum atomic E-state index is -4.30. The van der Waals surface area contributed by atoms with Gasteiger partial charge in [0.25, 0.3) is 0 Å². The zero-order valence-electron chi connectivity index (χ0n) is 10.1. The van der Waals surface area contributed by atoms with Crippen molar-refractivity contribution in [2.24, 2.45) is 5.92 Å². The van der Waals surface area contributed by atoms with Gasteiger partial charge in [-0.05, 0) is 12.8 Å². The Morgan fingerprint density at radius 1 is 1.22 bits per heavy atom. The number of rotatable bonds is 5. The van der Waals surface area contributed by atoms with Gasteiger partial charge in [-0.2, -0.15) is 13.2 Å². The summed E-state index contributed by atoms with van der Waals surface area (Å²) in [6, 6.07) is 0. The Kier molecular flexibility index (Phi) is 6.85. The molecule has 106 valence electrons. The molecule has 18 heavy (non-hydrogen) atoms. The molecule has 0 spiro atoms. The van der Waals surface area contributed by atoms with E-state index >= 15 is 0 Å². The van der Waals surface area contributed by atoms with E-state index < -0.39 is 5.51 Å². The summed E-state index contributed by atoms with van der Waals surface area (Å²) in [7, 11) is 0. The third kappa shape index (κ3) is 7.10. The van der Waals surface area contributed by atoms with Gasteiger partial charge in [0.05, 0.1) is 5.92 Å². The van der Waals surface area contributed by atoms with Gasteiger partial charge in [-0.1, -0.05) is 25.7 Å². The molecule has 0 aromatic rings. The van der Waals surface area contributed by atoms with Crippen molar-refractivity contribution in [3.8, 4) is 0 Å². The number of hydrogen-bond acceptors (Lipinski definition) is 4. The number of alkyl halides is 3. The highest BCUT2D eigenvalue weighted by Gasteiger charge is 2.28. The molecule has 0 saturated heterocycles. The normalized spacial score (nSPS) is 18.4. The lowest BCUT2D eigenvalue weighted by atomic mass is 10.0. The van der Waals surface area contributed by atoms with Crippen LogP contribution in [-0.4, -0.2) is 24.6 Å². The Morgan fingerprint density at radius 3 is 2.39 bits per heavy atom. The number of halogens is 3. The zero-order chi connectivity index (χ0) is 13.4. The monoisotopic (exact) mass is 285 g/mol. The second kappa shape index (κ2) is 7.89. The van der Waals surface area contributed by atoms with Crippen molar-refractivity contribution in [1.29, 1.82) is 0 Å². The second-order valence-corrected chi connectivity index (χ2v) is 5.25. The fourth-order valence-electron chi connectivity index (χ4n) is 1.96. The number of carbonyl (C=O) groups is 1. The molecule has 1 fully saturated rings. The van der Waals surface area contributed by atoms with Gasteiger partial charge in [0.2, 0.25) is 0 Å². The molecule has 0 atom stereocenters. The summed E-state index contributed by atoms with van der Waals surface area (Å²) in [5.41, 5.74) is -4.30. The minimum Gasteiger partial charge on any atom is -0.464 e. The van der Waals surface area contributed by atoms with Crippen LogP contribution in [0.5, 0.6) is 0 Å². The zero-order valence-corrected chi connectivity index (χ0v) is 10.9. The first-order valence-corrected chi connectivity index (χ1v) is 6.95. The second-order valence-electron chi connectivity index (χ2n) is 4.30. The van der Waals surface area contributed by atoms with Gasteiger partial charge in [0.15, 0.2) is 0 Å². The van der Waals surface area contributed by atoms with Crippen molar-refractivity contribution in [1.82, 2.24) is 4.72 Å². The number of nitrogens with one attached hydrogen (secondary N) is 1. The number of ether oxygens (including phenoxy) is 1. The molecule has 0 unspecified atom stereocenters. The van der Waals surface area contributed by atoms with Crippen molar-refractivity contribution < 1.29 is 22.7 Å². The fraction of sp³-hybridized carbons (Fsp3) is 0.909. The molecule has 1 rings (SSSR count). The first-order chi connectivity index (χ1) is 8.49. The SMILES string of the molecule is O=C(OCCNSC(F)(F)F)C1CCCCCC1. The highest BCUT2D eigenvalue weighted by molar-refractivity contribution is 7.98. The molecule has 0 bridgehead atoms. The Labute approximate surface area is 109 Å². The summed E-state index contributed by atoms with van der Waals surface area (Å²) < 4.78 is 42.4. The standard InChI is InChI=1S/C11H18F3NO2S/c12-11(13,14)18-15-7-8-17-10(16)9-5-3-1-2-4-6-9/h9,15H,1-8H2. The van der Waals surface area contributed by atoms with Crippen LogP contribution in [-0.2, 0) is 9.53 Å². The summed E-state index contributed by atoms with van der Waals surface area (Å²) in [4.78, 5) is 11.6. The van der Waals surface area contributed by atoms with Crippen molar-refractivity contribution in [3.63, 3.8) is 0 Å². The molecule has 0 heterocycles. The first-order valence-electron chi connectivity index (χ1n) is 6.13. The van der Waals surface area contributed by atoms with E-state index in [0.29, 0.717) is 0 Å². The van der Waals surface area contributed by atoms with Gasteiger partial charge in [-0.25, -0.2) is 0 Å². The van der Waals surface area contributed by atoms with Gasteiger partial charge >= 0.3 is 11.5 Å². The van der Waals surface area contributed by atoms with Crippen molar-refractivity contribution >= 4 is 17.9 Å². The van der Waals surface area contributed by atoms with E-state index in [4.69, 9.17) is 4.74 Å². The quantitative estimate of drug-likeness (QED) is 0.364. The molecule has 7 heteroatoms. The summed E-state index contributed by atoms with van der Waals surface area (Å²) in [6.45, 7) is -0.0128. The number of esters is 1. The Hall–Kier alpha value is -0.430. The molecule has 0 aromatic heterocycles. The number of carbonyl (C=O) groups excluding carboxylic acids is 1. The molecule has 1 saturated carbocycles. The minimum absolute atomic E-state index is 0.00262. The van der Waals surface area contributed by atoms with E-state index in [1.54, 1.807) is 0 Å². The maximum absolute atomic E-state index is 11.8. The Morgan fingerprint density at radius 2 is 1.83 bits per heavy atom. The van der Waals surface area contributed by atoms with E-state index in [0.717, 1.165) is 38.5 Å². The van der Waals surface area contributed by atoms with Gasteiger partial charge < -0.3 is 4.74 Å². The maximum atomic E-state index is 11.8. The fourth-order valence-corrected chi connectivity index (χ4v) is 2.31. The molecule has 0 aliphatic heterocycles. The van der Waals surface area contributed by atoms with E-state index in [2.05, 4.69) is 4.72 Å². The van der Waals surface area contributed by atoms with Crippen LogP contribution in [0.25, 0.3) is 0 Å². The predicted molar refractivity (Wildman–Crippen MR) is 63.8 cm³/mol. The van der Waals surface area contributed by atoms with Crippen LogP contribution in [0.4, 0.5) is 13.2 Å². The molecule has 1 aliphatic carbocycles. The van der Waals surface area contributed by atoms with Crippen LogP contribution in [0, 0.1) is 5.92 Å². The topological polar surface area (TPSA) is 38.3 Å². The Balaban J connectivity index is 2.09. The highest BCUT2D eigenvalue weighted by atomic mass is 32.2. The van der Waals surface area contributed by atoms with E-state index in [9.17, 15) is 18.0 Å². The molecule has 1 N–H and O–H groups in total. The third-order valence-corrected chi connectivity index (χ3v) is 3.40. The first kappa shape index (κ1) is 15.6. The summed E-state index contributed by atoms with van der Waals surface area (Å²) >= 11 is -0.317. The summed E-state index contributed by atoms with van der Waals surface area (Å²) in [5.74, 6) is -0.335. The van der Waals surface area contributed by atoms with Crippen molar-refractivity contribution in [3.05, 3.63) is 0 Å². The Bertz CT molecular complexity index is 253. The summed E-state index contributed by atoms with van der Waals surface area (Å²) in [5, 5.41) is 0. The predicted octanol–water partition coefficient (Wildman–Crippen LogP) is 3.26. The van der Waals surface area contributed by atoms with Crippen LogP contribution >= 0.6 is 11.9 Å². The smallest absolute Gasteiger partial charge is 0.456 e. The lowest BCUT2D eigenvalue weighted by Gasteiger charge is -2.13. The van der Waals surface area contributed by atoms with Crippen LogP contribution in [0.2, 0.25) is 0 Å². The lowest BCUT2D eigenvalue weighted by Crippen LogP contribution is -2.23. The van der Waals surface area contributed by atoms with Crippen molar-refractivity contribution in [2.75, 3.05) is 13.2 Å². The average molecular weight is 285 g/mol. The third-order valence-electron chi connectivity index (χ3n) is 2.82. The molecular weight excluding hydrogens is 267 g/mol. The molecular formula is C11H18F3NO2S. The maximum Gasteiger partial charge on any atom is 0.456 e. The van der Waals surface area contributed by atoms with Gasteiger partial charge in [-0.15, -0.1) is 0 Å². The molecule has 3 nitrogen and oxygen atoms in total. The molecule has 1 aliphatic rings.